The number of halogens is 3. The van der Waals surface area contributed by atoms with Gasteiger partial charge in [0.05, 0.1) is 23.9 Å². The molecule has 0 spiro atoms. The second-order valence-corrected chi connectivity index (χ2v) is 6.53. The lowest BCUT2D eigenvalue weighted by atomic mass is 10.1. The van der Waals surface area contributed by atoms with E-state index in [4.69, 9.17) is 4.74 Å². The lowest BCUT2D eigenvalue weighted by molar-refractivity contribution is -0.137. The average Bonchev–Trinajstić information content (AvgIpc) is 3.04. The van der Waals surface area contributed by atoms with Crippen LogP contribution in [0.4, 0.5) is 24.7 Å². The summed E-state index contributed by atoms with van der Waals surface area (Å²) in [5.41, 5.74) is 2.26. The Morgan fingerprint density at radius 1 is 1.07 bits per heavy atom. The number of hydrogen-bond acceptors (Lipinski definition) is 4. The summed E-state index contributed by atoms with van der Waals surface area (Å²) in [7, 11) is 3.25. The first-order valence-electron chi connectivity index (χ1n) is 8.74. The third-order valence-corrected chi connectivity index (χ3v) is 4.63. The molecule has 4 aromatic rings. The number of fused-ring (bicyclic) bond motifs is 1. The molecule has 0 saturated heterocycles. The fourth-order valence-electron chi connectivity index (χ4n) is 3.19. The number of hydrogen-bond donors (Lipinski definition) is 1. The first-order valence-corrected chi connectivity index (χ1v) is 8.74. The number of aryl methyl sites for hydroxylation is 1. The van der Waals surface area contributed by atoms with Crippen LogP contribution >= 0.6 is 0 Å². The van der Waals surface area contributed by atoms with Gasteiger partial charge in [-0.15, -0.1) is 0 Å². The summed E-state index contributed by atoms with van der Waals surface area (Å²) >= 11 is 0. The third kappa shape index (κ3) is 3.73. The normalized spacial score (nSPS) is 11.6. The maximum atomic E-state index is 13.1. The van der Waals surface area contributed by atoms with Crippen molar-refractivity contribution in [2.75, 3.05) is 12.4 Å². The molecule has 4 rings (SSSR count). The van der Waals surface area contributed by atoms with E-state index in [1.165, 1.54) is 13.2 Å². The third-order valence-electron chi connectivity index (χ3n) is 4.63. The van der Waals surface area contributed by atoms with Gasteiger partial charge < -0.3 is 14.6 Å². The Morgan fingerprint density at radius 2 is 1.90 bits per heavy atom. The van der Waals surface area contributed by atoms with Gasteiger partial charge in [-0.2, -0.15) is 13.2 Å². The number of alkyl halides is 3. The van der Waals surface area contributed by atoms with Gasteiger partial charge in [-0.1, -0.05) is 0 Å². The molecule has 0 aliphatic rings. The zero-order chi connectivity index (χ0) is 20.6. The number of aromatic nitrogens is 3. The zero-order valence-corrected chi connectivity index (χ0v) is 15.7. The summed E-state index contributed by atoms with van der Waals surface area (Å²) in [6.45, 7) is 0. The van der Waals surface area contributed by atoms with Crippen LogP contribution in [0.15, 0.2) is 61.1 Å². The number of anilines is 2. The topological polar surface area (TPSA) is 52.0 Å². The van der Waals surface area contributed by atoms with Crippen LogP contribution in [0.1, 0.15) is 5.56 Å². The van der Waals surface area contributed by atoms with Crippen LogP contribution in [0.3, 0.4) is 0 Å². The van der Waals surface area contributed by atoms with Gasteiger partial charge in [-0.25, -0.2) is 4.98 Å². The van der Waals surface area contributed by atoms with Crippen molar-refractivity contribution in [3.63, 3.8) is 0 Å². The summed E-state index contributed by atoms with van der Waals surface area (Å²) in [5, 5.41) is 3.86. The molecule has 148 valence electrons. The van der Waals surface area contributed by atoms with E-state index in [9.17, 15) is 13.2 Å². The molecule has 0 fully saturated rings. The van der Waals surface area contributed by atoms with E-state index in [0.717, 1.165) is 34.3 Å². The maximum Gasteiger partial charge on any atom is 0.416 e. The fraction of sp³-hybridized carbons (Fsp3) is 0.143. The molecule has 0 radical (unpaired) electrons. The van der Waals surface area contributed by atoms with Gasteiger partial charge in [0.25, 0.3) is 0 Å². The van der Waals surface area contributed by atoms with Crippen LogP contribution in [0.25, 0.3) is 22.2 Å². The molecule has 0 amide bonds. The Morgan fingerprint density at radius 3 is 2.59 bits per heavy atom. The summed E-state index contributed by atoms with van der Waals surface area (Å²) < 4.78 is 46.4. The number of benzene rings is 1. The van der Waals surface area contributed by atoms with Crippen LogP contribution in [0.5, 0.6) is 5.75 Å². The molecule has 0 aliphatic heterocycles. The van der Waals surface area contributed by atoms with Gasteiger partial charge in [0.2, 0.25) is 0 Å². The molecule has 0 atom stereocenters. The molecule has 0 saturated carbocycles. The second kappa shape index (κ2) is 7.12. The van der Waals surface area contributed by atoms with Gasteiger partial charge in [-0.3, -0.25) is 4.98 Å². The quantitative estimate of drug-likeness (QED) is 0.500. The summed E-state index contributed by atoms with van der Waals surface area (Å²) in [5.74, 6) is 0.541. The second-order valence-electron chi connectivity index (χ2n) is 6.53. The van der Waals surface area contributed by atoms with Crippen molar-refractivity contribution in [1.82, 2.24) is 14.5 Å². The Balaban J connectivity index is 1.72. The molecule has 1 aromatic carbocycles. The van der Waals surface area contributed by atoms with Crippen molar-refractivity contribution in [2.24, 2.45) is 7.05 Å². The van der Waals surface area contributed by atoms with Crippen molar-refractivity contribution in [1.29, 1.82) is 0 Å². The highest BCUT2D eigenvalue weighted by atomic mass is 19.4. The molecule has 29 heavy (non-hydrogen) atoms. The summed E-state index contributed by atoms with van der Waals surface area (Å²) in [6, 6.07) is 11.1. The average molecular weight is 398 g/mol. The molecule has 0 unspecified atom stereocenters. The predicted octanol–water partition coefficient (Wildman–Crippen LogP) is 5.41. The van der Waals surface area contributed by atoms with E-state index in [1.54, 1.807) is 24.7 Å². The van der Waals surface area contributed by atoms with Gasteiger partial charge in [0.1, 0.15) is 11.6 Å². The minimum absolute atomic E-state index is 0.112. The molecule has 0 bridgehead atoms. The van der Waals surface area contributed by atoms with Crippen molar-refractivity contribution < 1.29 is 17.9 Å². The van der Waals surface area contributed by atoms with Gasteiger partial charge >= 0.3 is 6.18 Å². The summed E-state index contributed by atoms with van der Waals surface area (Å²) in [6.07, 6.45) is 0.691. The number of methoxy groups -OCH3 is 1. The first kappa shape index (κ1) is 18.8. The fourth-order valence-corrected chi connectivity index (χ4v) is 3.19. The van der Waals surface area contributed by atoms with Gasteiger partial charge in [0, 0.05) is 54.4 Å². The number of nitrogens with zero attached hydrogens (tertiary/aromatic N) is 3. The van der Waals surface area contributed by atoms with Gasteiger partial charge in [-0.05, 0) is 30.3 Å². The zero-order valence-electron chi connectivity index (χ0n) is 15.7. The van der Waals surface area contributed by atoms with E-state index in [0.29, 0.717) is 5.82 Å². The van der Waals surface area contributed by atoms with Crippen molar-refractivity contribution in [2.45, 2.75) is 6.18 Å². The Hall–Kier alpha value is -3.55. The molecular weight excluding hydrogens is 381 g/mol. The Kier molecular flexibility index (Phi) is 4.62. The lowest BCUT2D eigenvalue weighted by Gasteiger charge is -2.13. The van der Waals surface area contributed by atoms with E-state index in [-0.39, 0.29) is 11.4 Å². The molecule has 3 aromatic heterocycles. The highest BCUT2D eigenvalue weighted by Gasteiger charge is 2.31. The Bertz CT molecular complexity index is 1170. The standard InChI is InChI=1S/C21H17F3N4O/c1-28-18(13-4-3-5-25-11-13)6-14-12-26-20(10-19(14)28)27-16-7-15(21(22,23)24)8-17(9-16)29-2/h3-12H,1-2H3,(H,26,27). The largest absolute Gasteiger partial charge is 0.497 e. The monoisotopic (exact) mass is 398 g/mol. The number of rotatable bonds is 4. The van der Waals surface area contributed by atoms with Crippen LogP contribution in [-0.2, 0) is 13.2 Å². The molecule has 5 nitrogen and oxygen atoms in total. The van der Waals surface area contributed by atoms with E-state index in [2.05, 4.69) is 15.3 Å². The number of ether oxygens (including phenoxy) is 1. The van der Waals surface area contributed by atoms with E-state index in [1.807, 2.05) is 29.8 Å². The van der Waals surface area contributed by atoms with Crippen LogP contribution in [0.2, 0.25) is 0 Å². The van der Waals surface area contributed by atoms with Crippen molar-refractivity contribution in [3.05, 3.63) is 66.6 Å². The SMILES string of the molecule is COc1cc(Nc2cc3c(cn2)cc(-c2cccnc2)n3C)cc(C(F)(F)F)c1. The first-order chi connectivity index (χ1) is 13.8. The molecule has 0 aliphatic carbocycles. The number of pyridine rings is 2. The molecule has 8 heteroatoms. The minimum atomic E-state index is -4.47. The van der Waals surface area contributed by atoms with Crippen molar-refractivity contribution in [3.8, 4) is 17.0 Å². The smallest absolute Gasteiger partial charge is 0.416 e. The van der Waals surface area contributed by atoms with Crippen LogP contribution < -0.4 is 10.1 Å². The Labute approximate surface area is 164 Å². The van der Waals surface area contributed by atoms with E-state index < -0.39 is 11.7 Å². The number of nitrogens with one attached hydrogen (secondary N) is 1. The highest BCUT2D eigenvalue weighted by Crippen LogP contribution is 2.35. The van der Waals surface area contributed by atoms with Gasteiger partial charge in [0.15, 0.2) is 0 Å². The predicted molar refractivity (Wildman–Crippen MR) is 105 cm³/mol. The molecule has 3 heterocycles. The molecular formula is C21H17F3N4O. The van der Waals surface area contributed by atoms with Crippen LogP contribution in [-0.4, -0.2) is 21.6 Å². The summed E-state index contributed by atoms with van der Waals surface area (Å²) in [4.78, 5) is 8.48. The minimum Gasteiger partial charge on any atom is -0.497 e. The maximum absolute atomic E-state index is 13.1. The van der Waals surface area contributed by atoms with E-state index >= 15 is 0 Å². The van der Waals surface area contributed by atoms with Crippen molar-refractivity contribution >= 4 is 22.4 Å². The van der Waals surface area contributed by atoms with Crippen LogP contribution in [0, 0.1) is 0 Å². The lowest BCUT2D eigenvalue weighted by Crippen LogP contribution is -2.06. The molecule has 1 N–H and O–H groups in total. The highest BCUT2D eigenvalue weighted by molar-refractivity contribution is 5.88.